The van der Waals surface area contributed by atoms with E-state index in [1.165, 1.54) is 0 Å². The molecule has 0 aliphatic carbocycles. The summed E-state index contributed by atoms with van der Waals surface area (Å²) in [7, 11) is 0. The lowest BCUT2D eigenvalue weighted by atomic mass is 10.0. The van der Waals surface area contributed by atoms with E-state index in [1.807, 2.05) is 18.7 Å². The van der Waals surface area contributed by atoms with E-state index in [0.29, 0.717) is 12.5 Å². The molecule has 0 aromatic rings. The average molecular weight is 284 g/mol. The largest absolute Gasteiger partial charge is 0.465 e. The highest BCUT2D eigenvalue weighted by Crippen LogP contribution is 2.18. The van der Waals surface area contributed by atoms with Crippen LogP contribution < -0.4 is 5.32 Å². The Labute approximate surface area is 122 Å². The number of esters is 1. The van der Waals surface area contributed by atoms with Gasteiger partial charge in [0.05, 0.1) is 13.2 Å². The standard InChI is InChI=1S/C15H28N2O3/c1-5-20-15(19)13-8-6-7-9-17(13)10-14(18)16-12(4)11(2)3/h11-13H,5-10H2,1-4H3,(H,16,18). The molecule has 1 aliphatic heterocycles. The van der Waals surface area contributed by atoms with Crippen molar-refractivity contribution in [3.63, 3.8) is 0 Å². The number of likely N-dealkylation sites (tertiary alicyclic amines) is 1. The van der Waals surface area contributed by atoms with Gasteiger partial charge in [0.15, 0.2) is 0 Å². The van der Waals surface area contributed by atoms with Gasteiger partial charge in [0.2, 0.25) is 5.91 Å². The number of carbonyl (C=O) groups is 2. The number of hydrogen-bond acceptors (Lipinski definition) is 4. The van der Waals surface area contributed by atoms with Crippen molar-refractivity contribution in [1.82, 2.24) is 10.2 Å². The zero-order valence-electron chi connectivity index (χ0n) is 13.1. The number of rotatable bonds is 6. The lowest BCUT2D eigenvalue weighted by Crippen LogP contribution is -2.51. The summed E-state index contributed by atoms with van der Waals surface area (Å²) in [6.07, 6.45) is 2.83. The molecule has 1 amide bonds. The van der Waals surface area contributed by atoms with Gasteiger partial charge in [-0.25, -0.2) is 0 Å². The molecule has 1 aliphatic rings. The number of hydrogen-bond donors (Lipinski definition) is 1. The predicted molar refractivity (Wildman–Crippen MR) is 78.3 cm³/mol. The van der Waals surface area contributed by atoms with Crippen LogP contribution in [0.4, 0.5) is 0 Å². The third kappa shape index (κ3) is 5.12. The first-order valence-electron chi connectivity index (χ1n) is 7.65. The van der Waals surface area contributed by atoms with Crippen LogP contribution in [0, 0.1) is 5.92 Å². The first-order chi connectivity index (χ1) is 9.45. The van der Waals surface area contributed by atoms with E-state index < -0.39 is 0 Å². The zero-order chi connectivity index (χ0) is 15.1. The van der Waals surface area contributed by atoms with E-state index in [2.05, 4.69) is 19.2 Å². The molecule has 2 atom stereocenters. The fourth-order valence-corrected chi connectivity index (χ4v) is 2.34. The van der Waals surface area contributed by atoms with E-state index >= 15 is 0 Å². The maximum atomic E-state index is 12.0. The highest BCUT2D eigenvalue weighted by molar-refractivity contribution is 5.80. The zero-order valence-corrected chi connectivity index (χ0v) is 13.1. The lowest BCUT2D eigenvalue weighted by molar-refractivity contribution is -0.151. The summed E-state index contributed by atoms with van der Waals surface area (Å²) in [5, 5.41) is 2.99. The fourth-order valence-electron chi connectivity index (χ4n) is 2.34. The van der Waals surface area contributed by atoms with Gasteiger partial charge in [-0.1, -0.05) is 20.3 Å². The Kier molecular flexibility index (Phi) is 6.99. The minimum Gasteiger partial charge on any atom is -0.465 e. The summed E-state index contributed by atoms with van der Waals surface area (Å²) >= 11 is 0. The van der Waals surface area contributed by atoms with E-state index in [4.69, 9.17) is 4.74 Å². The SMILES string of the molecule is CCOC(=O)C1CCCCN1CC(=O)NC(C)C(C)C. The monoisotopic (exact) mass is 284 g/mol. The maximum Gasteiger partial charge on any atom is 0.323 e. The van der Waals surface area contributed by atoms with Crippen LogP contribution in [0.5, 0.6) is 0 Å². The van der Waals surface area contributed by atoms with Crippen molar-refractivity contribution >= 4 is 11.9 Å². The van der Waals surface area contributed by atoms with E-state index in [9.17, 15) is 9.59 Å². The van der Waals surface area contributed by atoms with Crippen molar-refractivity contribution in [3.05, 3.63) is 0 Å². The number of nitrogens with one attached hydrogen (secondary N) is 1. The Morgan fingerprint density at radius 1 is 1.30 bits per heavy atom. The molecule has 0 saturated carbocycles. The van der Waals surface area contributed by atoms with Crippen LogP contribution >= 0.6 is 0 Å². The molecule has 1 saturated heterocycles. The van der Waals surface area contributed by atoms with Gasteiger partial charge in [-0.15, -0.1) is 0 Å². The number of piperidine rings is 1. The molecule has 5 nitrogen and oxygen atoms in total. The molecule has 5 heteroatoms. The van der Waals surface area contributed by atoms with Crippen LogP contribution in [0.3, 0.4) is 0 Å². The number of carbonyl (C=O) groups excluding carboxylic acids is 2. The number of amides is 1. The van der Waals surface area contributed by atoms with Crippen LogP contribution in [0.25, 0.3) is 0 Å². The van der Waals surface area contributed by atoms with Gasteiger partial charge in [0.25, 0.3) is 0 Å². The summed E-state index contributed by atoms with van der Waals surface area (Å²) in [5.74, 6) is 0.195. The van der Waals surface area contributed by atoms with Gasteiger partial charge in [0.1, 0.15) is 6.04 Å². The van der Waals surface area contributed by atoms with E-state index in [-0.39, 0.29) is 30.5 Å². The second-order valence-electron chi connectivity index (χ2n) is 5.83. The minimum atomic E-state index is -0.260. The second kappa shape index (κ2) is 8.25. The van der Waals surface area contributed by atoms with Gasteiger partial charge in [-0.3, -0.25) is 14.5 Å². The summed E-state index contributed by atoms with van der Waals surface area (Å²) in [6.45, 7) is 9.41. The molecule has 0 bridgehead atoms. The quantitative estimate of drug-likeness (QED) is 0.752. The van der Waals surface area contributed by atoms with Crippen molar-refractivity contribution < 1.29 is 14.3 Å². The molecule has 0 aromatic heterocycles. The van der Waals surface area contributed by atoms with E-state index in [0.717, 1.165) is 25.8 Å². The third-order valence-corrected chi connectivity index (χ3v) is 3.91. The summed E-state index contributed by atoms with van der Waals surface area (Å²) < 4.78 is 5.10. The van der Waals surface area contributed by atoms with Crippen LogP contribution in [0.15, 0.2) is 0 Å². The Bertz CT molecular complexity index is 331. The van der Waals surface area contributed by atoms with Crippen molar-refractivity contribution in [3.8, 4) is 0 Å². The lowest BCUT2D eigenvalue weighted by Gasteiger charge is -2.33. The molecule has 20 heavy (non-hydrogen) atoms. The highest BCUT2D eigenvalue weighted by Gasteiger charge is 2.31. The highest BCUT2D eigenvalue weighted by atomic mass is 16.5. The molecular weight excluding hydrogens is 256 g/mol. The Balaban J connectivity index is 2.53. The molecule has 1 rings (SSSR count). The first-order valence-corrected chi connectivity index (χ1v) is 7.65. The van der Waals surface area contributed by atoms with Crippen molar-refractivity contribution in [2.75, 3.05) is 19.7 Å². The van der Waals surface area contributed by atoms with Crippen LogP contribution in [0.2, 0.25) is 0 Å². The first kappa shape index (κ1) is 17.0. The molecular formula is C15H28N2O3. The van der Waals surface area contributed by atoms with Crippen LogP contribution in [0.1, 0.15) is 47.0 Å². The molecule has 1 N–H and O–H groups in total. The summed E-state index contributed by atoms with van der Waals surface area (Å²) in [5.41, 5.74) is 0. The topological polar surface area (TPSA) is 58.6 Å². The van der Waals surface area contributed by atoms with Gasteiger partial charge in [0, 0.05) is 6.04 Å². The van der Waals surface area contributed by atoms with Gasteiger partial charge < -0.3 is 10.1 Å². The van der Waals surface area contributed by atoms with Gasteiger partial charge in [-0.2, -0.15) is 0 Å². The molecule has 0 spiro atoms. The maximum absolute atomic E-state index is 12.0. The molecule has 0 radical (unpaired) electrons. The van der Waals surface area contributed by atoms with Gasteiger partial charge in [-0.05, 0) is 39.2 Å². The van der Waals surface area contributed by atoms with Crippen molar-refractivity contribution in [1.29, 1.82) is 0 Å². The summed E-state index contributed by atoms with van der Waals surface area (Å²) in [4.78, 5) is 25.9. The smallest absolute Gasteiger partial charge is 0.323 e. The second-order valence-corrected chi connectivity index (χ2v) is 5.83. The van der Waals surface area contributed by atoms with Gasteiger partial charge >= 0.3 is 5.97 Å². The van der Waals surface area contributed by atoms with E-state index in [1.54, 1.807) is 0 Å². The number of ether oxygens (including phenoxy) is 1. The Morgan fingerprint density at radius 3 is 2.60 bits per heavy atom. The van der Waals surface area contributed by atoms with Crippen LogP contribution in [-0.2, 0) is 14.3 Å². The van der Waals surface area contributed by atoms with Crippen LogP contribution in [-0.4, -0.2) is 48.6 Å². The van der Waals surface area contributed by atoms with Crippen molar-refractivity contribution in [2.24, 2.45) is 5.92 Å². The molecule has 0 aromatic carbocycles. The third-order valence-electron chi connectivity index (χ3n) is 3.91. The molecule has 2 unspecified atom stereocenters. The molecule has 116 valence electrons. The fraction of sp³-hybridized carbons (Fsp3) is 0.867. The minimum absolute atomic E-state index is 0.0117. The predicted octanol–water partition coefficient (Wildman–Crippen LogP) is 1.56. The molecule has 1 fully saturated rings. The normalized spacial score (nSPS) is 21.6. The Hall–Kier alpha value is -1.10. The average Bonchev–Trinajstić information content (AvgIpc) is 2.39. The summed E-state index contributed by atoms with van der Waals surface area (Å²) in [6, 6.07) is -0.114. The van der Waals surface area contributed by atoms with Crippen molar-refractivity contribution in [2.45, 2.75) is 59.0 Å². The molecule has 1 heterocycles. The Morgan fingerprint density at radius 2 is 2.00 bits per heavy atom. The number of nitrogens with zero attached hydrogens (tertiary/aromatic N) is 1.